The number of ether oxygens (including phenoxy) is 1. The first kappa shape index (κ1) is 26.2. The van der Waals surface area contributed by atoms with E-state index in [9.17, 15) is 5.11 Å². The van der Waals surface area contributed by atoms with Gasteiger partial charge in [0.15, 0.2) is 0 Å². The van der Waals surface area contributed by atoms with Crippen molar-refractivity contribution >= 4 is 12.2 Å². The summed E-state index contributed by atoms with van der Waals surface area (Å²) in [6.07, 6.45) is 6.06. The fourth-order valence-corrected chi connectivity index (χ4v) is 3.58. The van der Waals surface area contributed by atoms with E-state index in [0.29, 0.717) is 6.54 Å². The molecule has 2 aromatic rings. The highest BCUT2D eigenvalue weighted by Gasteiger charge is 2.28. The van der Waals surface area contributed by atoms with Crippen molar-refractivity contribution in [1.82, 2.24) is 5.32 Å². The molecule has 0 bridgehead atoms. The Morgan fingerprint density at radius 3 is 2.00 bits per heavy atom. The fourth-order valence-electron chi connectivity index (χ4n) is 3.58. The molecule has 0 amide bonds. The zero-order chi connectivity index (χ0) is 23.8. The van der Waals surface area contributed by atoms with Gasteiger partial charge in [-0.2, -0.15) is 0 Å². The Bertz CT molecular complexity index is 822. The maximum absolute atomic E-state index is 10.5. The highest BCUT2D eigenvalue weighted by molar-refractivity contribution is 5.71. The summed E-state index contributed by atoms with van der Waals surface area (Å²) in [5.74, 6) is 0.912. The molecule has 0 heterocycles. The molecule has 0 spiro atoms. The lowest BCUT2D eigenvalue weighted by atomic mass is 9.78. The Labute approximate surface area is 195 Å². The van der Waals surface area contributed by atoms with Gasteiger partial charge in [-0.05, 0) is 47.1 Å². The smallest absolute Gasteiger partial charge is 0.126 e. The number of unbranched alkanes of at least 4 members (excludes halogenated alkanes) is 1. The van der Waals surface area contributed by atoms with E-state index < -0.39 is 6.10 Å². The van der Waals surface area contributed by atoms with Crippen LogP contribution >= 0.6 is 0 Å². The summed E-state index contributed by atoms with van der Waals surface area (Å²) in [5.41, 5.74) is 4.51. The molecule has 0 fully saturated rings. The SMILES string of the molecule is CCCCNCC(O)COc1c(C(C)(C)C)cc(/C=C/c2ccccc2)cc1C(C)(C)C. The second-order valence-corrected chi connectivity index (χ2v) is 10.7. The van der Waals surface area contributed by atoms with Gasteiger partial charge in [0.2, 0.25) is 0 Å². The number of aliphatic hydroxyl groups is 1. The molecule has 0 aliphatic carbocycles. The Kier molecular flexibility index (Phi) is 9.54. The van der Waals surface area contributed by atoms with E-state index in [2.05, 4.69) is 102 Å². The third kappa shape index (κ3) is 8.11. The molecule has 2 aromatic carbocycles. The molecule has 0 aliphatic rings. The zero-order valence-corrected chi connectivity index (χ0v) is 21.2. The molecule has 176 valence electrons. The molecule has 0 saturated heterocycles. The van der Waals surface area contributed by atoms with Crippen LogP contribution in [0.4, 0.5) is 0 Å². The first-order valence-corrected chi connectivity index (χ1v) is 12.0. The summed E-state index contributed by atoms with van der Waals surface area (Å²) in [6.45, 7) is 17.2. The summed E-state index contributed by atoms with van der Waals surface area (Å²) in [6, 6.07) is 14.8. The predicted octanol–water partition coefficient (Wildman–Crippen LogP) is 6.58. The van der Waals surface area contributed by atoms with Gasteiger partial charge in [0.05, 0.1) is 0 Å². The quantitative estimate of drug-likeness (QED) is 0.326. The van der Waals surface area contributed by atoms with E-state index in [1.54, 1.807) is 0 Å². The standard InChI is InChI=1S/C29H43NO2/c1-8-9-17-30-20-24(31)21-32-27-25(28(2,3)4)18-23(19-26(27)29(5,6)7)16-15-22-13-11-10-12-14-22/h10-16,18-19,24,30-31H,8-9,17,20-21H2,1-7H3/b16-15+. The molecule has 3 heteroatoms. The minimum Gasteiger partial charge on any atom is -0.490 e. The predicted molar refractivity (Wildman–Crippen MR) is 138 cm³/mol. The van der Waals surface area contributed by atoms with Crippen molar-refractivity contribution in [3.8, 4) is 5.75 Å². The van der Waals surface area contributed by atoms with Gasteiger partial charge < -0.3 is 15.2 Å². The summed E-state index contributed by atoms with van der Waals surface area (Å²) < 4.78 is 6.34. The molecular weight excluding hydrogens is 394 g/mol. The van der Waals surface area contributed by atoms with Crippen molar-refractivity contribution in [1.29, 1.82) is 0 Å². The molecular formula is C29H43NO2. The third-order valence-electron chi connectivity index (χ3n) is 5.50. The normalized spacial score (nSPS) is 13.5. The van der Waals surface area contributed by atoms with Crippen molar-refractivity contribution in [2.24, 2.45) is 0 Å². The van der Waals surface area contributed by atoms with Gasteiger partial charge >= 0.3 is 0 Å². The average Bonchev–Trinajstić information content (AvgIpc) is 2.73. The molecule has 2 rings (SSSR count). The monoisotopic (exact) mass is 437 g/mol. The van der Waals surface area contributed by atoms with Gasteiger partial charge in [-0.15, -0.1) is 0 Å². The lowest BCUT2D eigenvalue weighted by molar-refractivity contribution is 0.104. The lowest BCUT2D eigenvalue weighted by Gasteiger charge is -2.31. The van der Waals surface area contributed by atoms with Gasteiger partial charge in [-0.3, -0.25) is 0 Å². The van der Waals surface area contributed by atoms with Crippen LogP contribution in [0.25, 0.3) is 12.2 Å². The van der Waals surface area contributed by atoms with Crippen LogP contribution in [-0.2, 0) is 10.8 Å². The van der Waals surface area contributed by atoms with E-state index in [0.717, 1.165) is 30.7 Å². The van der Waals surface area contributed by atoms with Gasteiger partial charge in [0.1, 0.15) is 18.5 Å². The van der Waals surface area contributed by atoms with Gasteiger partial charge in [-0.25, -0.2) is 0 Å². The van der Waals surface area contributed by atoms with Crippen LogP contribution in [0.15, 0.2) is 42.5 Å². The van der Waals surface area contributed by atoms with Crippen LogP contribution < -0.4 is 10.1 Å². The fraction of sp³-hybridized carbons (Fsp3) is 0.517. The van der Waals surface area contributed by atoms with Crippen LogP contribution in [0.1, 0.15) is 83.6 Å². The summed E-state index contributed by atoms with van der Waals surface area (Å²) >= 11 is 0. The molecule has 2 N–H and O–H groups in total. The number of hydrogen-bond acceptors (Lipinski definition) is 3. The lowest BCUT2D eigenvalue weighted by Crippen LogP contribution is -2.32. The average molecular weight is 438 g/mol. The number of aliphatic hydroxyl groups excluding tert-OH is 1. The highest BCUT2D eigenvalue weighted by atomic mass is 16.5. The maximum atomic E-state index is 10.5. The van der Waals surface area contributed by atoms with Gasteiger partial charge in [0, 0.05) is 17.7 Å². The Morgan fingerprint density at radius 1 is 0.906 bits per heavy atom. The second-order valence-electron chi connectivity index (χ2n) is 10.7. The van der Waals surface area contributed by atoms with Crippen LogP contribution in [0.3, 0.4) is 0 Å². The van der Waals surface area contributed by atoms with E-state index >= 15 is 0 Å². The van der Waals surface area contributed by atoms with Crippen LogP contribution in [0.2, 0.25) is 0 Å². The minimum atomic E-state index is -0.537. The summed E-state index contributed by atoms with van der Waals surface area (Å²) in [7, 11) is 0. The molecule has 0 aromatic heterocycles. The Morgan fingerprint density at radius 2 is 1.47 bits per heavy atom. The van der Waals surface area contributed by atoms with Crippen molar-refractivity contribution in [2.75, 3.05) is 19.7 Å². The molecule has 1 atom stereocenters. The summed E-state index contributed by atoms with van der Waals surface area (Å²) in [4.78, 5) is 0. The first-order chi connectivity index (χ1) is 15.0. The molecule has 1 unspecified atom stereocenters. The molecule has 0 aliphatic heterocycles. The van der Waals surface area contributed by atoms with Crippen molar-refractivity contribution < 1.29 is 9.84 Å². The first-order valence-electron chi connectivity index (χ1n) is 12.0. The van der Waals surface area contributed by atoms with Gasteiger partial charge in [0.25, 0.3) is 0 Å². The number of rotatable bonds is 10. The van der Waals surface area contributed by atoms with Gasteiger partial charge in [-0.1, -0.05) is 97.4 Å². The maximum Gasteiger partial charge on any atom is 0.126 e. The van der Waals surface area contributed by atoms with Crippen LogP contribution in [0, 0.1) is 0 Å². The molecule has 3 nitrogen and oxygen atoms in total. The number of hydrogen-bond donors (Lipinski definition) is 2. The zero-order valence-electron chi connectivity index (χ0n) is 21.2. The van der Waals surface area contributed by atoms with Crippen molar-refractivity contribution in [2.45, 2.75) is 78.2 Å². The topological polar surface area (TPSA) is 41.5 Å². The van der Waals surface area contributed by atoms with E-state index in [1.807, 2.05) is 6.07 Å². The summed E-state index contributed by atoms with van der Waals surface area (Å²) in [5, 5.41) is 13.8. The van der Waals surface area contributed by atoms with Crippen LogP contribution in [0.5, 0.6) is 5.75 Å². The van der Waals surface area contributed by atoms with Crippen LogP contribution in [-0.4, -0.2) is 30.9 Å². The van der Waals surface area contributed by atoms with Crippen molar-refractivity contribution in [3.05, 3.63) is 64.7 Å². The second kappa shape index (κ2) is 11.7. The minimum absolute atomic E-state index is 0.0870. The Hall–Kier alpha value is -2.10. The molecule has 32 heavy (non-hydrogen) atoms. The van der Waals surface area contributed by atoms with E-state index in [-0.39, 0.29) is 17.4 Å². The largest absolute Gasteiger partial charge is 0.490 e. The van der Waals surface area contributed by atoms with Crippen molar-refractivity contribution in [3.63, 3.8) is 0 Å². The highest BCUT2D eigenvalue weighted by Crippen LogP contribution is 2.41. The van der Waals surface area contributed by atoms with E-state index in [1.165, 1.54) is 16.7 Å². The molecule has 0 saturated carbocycles. The molecule has 0 radical (unpaired) electrons. The van der Waals surface area contributed by atoms with E-state index in [4.69, 9.17) is 4.74 Å². The third-order valence-corrected chi connectivity index (χ3v) is 5.50. The number of benzene rings is 2. The number of nitrogens with one attached hydrogen (secondary N) is 1. The Balaban J connectivity index is 2.35.